The van der Waals surface area contributed by atoms with Crippen molar-refractivity contribution in [3.63, 3.8) is 0 Å². The standard InChI is InChI=1S/C14H25N3O4/c1-9(7-12(18)19)11-5-4-6-17(8-11)14(21)16-10(2)13(20)15-3/h9-11H,4-8H2,1-3H3,(H,15,20)(H,16,21)(H,18,19). The first-order valence-electron chi connectivity index (χ1n) is 7.34. The Labute approximate surface area is 125 Å². The number of amides is 3. The maximum absolute atomic E-state index is 12.1. The third-order valence-corrected chi connectivity index (χ3v) is 4.03. The monoisotopic (exact) mass is 299 g/mol. The van der Waals surface area contributed by atoms with Crippen LogP contribution < -0.4 is 10.6 Å². The van der Waals surface area contributed by atoms with Gasteiger partial charge in [-0.15, -0.1) is 0 Å². The van der Waals surface area contributed by atoms with Gasteiger partial charge >= 0.3 is 12.0 Å². The Balaban J connectivity index is 2.53. The second-order valence-electron chi connectivity index (χ2n) is 5.71. The molecule has 21 heavy (non-hydrogen) atoms. The Morgan fingerprint density at radius 3 is 2.57 bits per heavy atom. The Hall–Kier alpha value is -1.79. The number of carboxylic acid groups (broad SMARTS) is 1. The minimum atomic E-state index is -0.808. The summed E-state index contributed by atoms with van der Waals surface area (Å²) in [6, 6.07) is -0.849. The lowest BCUT2D eigenvalue weighted by molar-refractivity contribution is -0.138. The molecule has 0 aromatic carbocycles. The molecule has 1 heterocycles. The molecular weight excluding hydrogens is 274 g/mol. The highest BCUT2D eigenvalue weighted by Crippen LogP contribution is 2.26. The average molecular weight is 299 g/mol. The molecule has 0 radical (unpaired) electrons. The minimum Gasteiger partial charge on any atom is -0.481 e. The number of nitrogens with one attached hydrogen (secondary N) is 2. The van der Waals surface area contributed by atoms with Gasteiger partial charge in [0.2, 0.25) is 5.91 Å². The lowest BCUT2D eigenvalue weighted by Crippen LogP contribution is -2.52. The second-order valence-corrected chi connectivity index (χ2v) is 5.71. The zero-order valence-electron chi connectivity index (χ0n) is 12.9. The van der Waals surface area contributed by atoms with Crippen LogP contribution in [0, 0.1) is 11.8 Å². The fraction of sp³-hybridized carbons (Fsp3) is 0.786. The largest absolute Gasteiger partial charge is 0.481 e. The van der Waals surface area contributed by atoms with Crippen LogP contribution in [0.1, 0.15) is 33.1 Å². The van der Waals surface area contributed by atoms with Crippen LogP contribution >= 0.6 is 0 Å². The molecule has 0 spiro atoms. The number of urea groups is 1. The molecule has 1 fully saturated rings. The van der Waals surface area contributed by atoms with E-state index in [4.69, 9.17) is 5.11 Å². The number of piperidine rings is 1. The number of carbonyl (C=O) groups excluding carboxylic acids is 2. The summed E-state index contributed by atoms with van der Waals surface area (Å²) in [5.74, 6) is -0.821. The summed E-state index contributed by atoms with van der Waals surface area (Å²) in [5, 5.41) is 14.0. The summed E-state index contributed by atoms with van der Waals surface area (Å²) in [4.78, 5) is 36.0. The fourth-order valence-electron chi connectivity index (χ4n) is 2.66. The van der Waals surface area contributed by atoms with E-state index in [-0.39, 0.29) is 30.2 Å². The first-order valence-corrected chi connectivity index (χ1v) is 7.34. The van der Waals surface area contributed by atoms with Crippen molar-refractivity contribution < 1.29 is 19.5 Å². The predicted octanol–water partition coefficient (Wildman–Crippen LogP) is 0.653. The van der Waals surface area contributed by atoms with Gasteiger partial charge < -0.3 is 20.6 Å². The van der Waals surface area contributed by atoms with Crippen molar-refractivity contribution in [1.82, 2.24) is 15.5 Å². The second kappa shape index (κ2) is 7.85. The van der Waals surface area contributed by atoms with E-state index in [0.29, 0.717) is 13.1 Å². The van der Waals surface area contributed by atoms with Crippen molar-refractivity contribution in [2.45, 2.75) is 39.2 Å². The summed E-state index contributed by atoms with van der Waals surface area (Å²) in [7, 11) is 1.52. The lowest BCUT2D eigenvalue weighted by atomic mass is 9.85. The summed E-state index contributed by atoms with van der Waals surface area (Å²) in [6.07, 6.45) is 1.91. The number of likely N-dealkylation sites (N-methyl/N-ethyl adjacent to an activating group) is 1. The van der Waals surface area contributed by atoms with E-state index >= 15 is 0 Å². The van der Waals surface area contributed by atoms with Crippen molar-refractivity contribution in [2.75, 3.05) is 20.1 Å². The van der Waals surface area contributed by atoms with Crippen LogP contribution in [0.15, 0.2) is 0 Å². The van der Waals surface area contributed by atoms with Gasteiger partial charge in [0.05, 0.1) is 0 Å². The molecule has 1 aliphatic heterocycles. The Morgan fingerprint density at radius 2 is 2.00 bits per heavy atom. The van der Waals surface area contributed by atoms with Crippen molar-refractivity contribution >= 4 is 17.9 Å². The number of hydrogen-bond acceptors (Lipinski definition) is 3. The van der Waals surface area contributed by atoms with Crippen LogP contribution in [0.3, 0.4) is 0 Å². The highest BCUT2D eigenvalue weighted by Gasteiger charge is 2.29. The molecule has 0 saturated carbocycles. The number of nitrogens with zero attached hydrogens (tertiary/aromatic N) is 1. The number of hydrogen-bond donors (Lipinski definition) is 3. The maximum Gasteiger partial charge on any atom is 0.318 e. The van der Waals surface area contributed by atoms with Crippen molar-refractivity contribution in [3.05, 3.63) is 0 Å². The summed E-state index contributed by atoms with van der Waals surface area (Å²) in [6.45, 7) is 4.72. The maximum atomic E-state index is 12.1. The topological polar surface area (TPSA) is 98.7 Å². The third kappa shape index (κ3) is 5.24. The molecule has 0 bridgehead atoms. The molecule has 3 N–H and O–H groups in total. The van der Waals surface area contributed by atoms with Crippen molar-refractivity contribution in [2.24, 2.45) is 11.8 Å². The molecule has 3 amide bonds. The van der Waals surface area contributed by atoms with Crippen LogP contribution in [0.25, 0.3) is 0 Å². The predicted molar refractivity (Wildman–Crippen MR) is 77.8 cm³/mol. The Bertz CT molecular complexity index is 400. The molecule has 120 valence electrons. The van der Waals surface area contributed by atoms with Crippen LogP contribution in [0.2, 0.25) is 0 Å². The zero-order chi connectivity index (χ0) is 16.0. The molecule has 1 rings (SSSR count). The van der Waals surface area contributed by atoms with E-state index in [1.165, 1.54) is 7.05 Å². The van der Waals surface area contributed by atoms with Gasteiger partial charge in [0.25, 0.3) is 0 Å². The normalized spacial score (nSPS) is 21.3. The Kier molecular flexibility index (Phi) is 6.45. The van der Waals surface area contributed by atoms with E-state index in [1.807, 2.05) is 6.92 Å². The third-order valence-electron chi connectivity index (χ3n) is 4.03. The number of aliphatic carboxylic acids is 1. The quantitative estimate of drug-likeness (QED) is 0.694. The van der Waals surface area contributed by atoms with Gasteiger partial charge in [-0.1, -0.05) is 6.92 Å². The smallest absolute Gasteiger partial charge is 0.318 e. The Morgan fingerprint density at radius 1 is 1.33 bits per heavy atom. The molecule has 7 heteroatoms. The average Bonchev–Trinajstić information content (AvgIpc) is 2.45. The number of carboxylic acids is 1. The zero-order valence-corrected chi connectivity index (χ0v) is 12.9. The lowest BCUT2D eigenvalue weighted by Gasteiger charge is -2.35. The number of likely N-dealkylation sites (tertiary alicyclic amines) is 1. The van der Waals surface area contributed by atoms with E-state index in [0.717, 1.165) is 12.8 Å². The van der Waals surface area contributed by atoms with Gasteiger partial charge in [-0.25, -0.2) is 4.79 Å². The minimum absolute atomic E-state index is 0.0365. The van der Waals surface area contributed by atoms with E-state index < -0.39 is 12.0 Å². The molecule has 1 aliphatic rings. The molecule has 7 nitrogen and oxygen atoms in total. The van der Waals surface area contributed by atoms with Gasteiger partial charge in [0.15, 0.2) is 0 Å². The van der Waals surface area contributed by atoms with E-state index in [9.17, 15) is 14.4 Å². The highest BCUT2D eigenvalue weighted by molar-refractivity contribution is 5.86. The van der Waals surface area contributed by atoms with Crippen LogP contribution in [-0.2, 0) is 9.59 Å². The van der Waals surface area contributed by atoms with Crippen molar-refractivity contribution in [1.29, 1.82) is 0 Å². The number of carbonyl (C=O) groups is 3. The molecule has 3 atom stereocenters. The summed E-state index contributed by atoms with van der Waals surface area (Å²) < 4.78 is 0. The summed E-state index contributed by atoms with van der Waals surface area (Å²) in [5.41, 5.74) is 0. The first-order chi connectivity index (χ1) is 9.85. The van der Waals surface area contributed by atoms with Gasteiger partial charge in [-0.2, -0.15) is 0 Å². The SMILES string of the molecule is CNC(=O)C(C)NC(=O)N1CCCC(C(C)CC(=O)O)C1. The van der Waals surface area contributed by atoms with Crippen molar-refractivity contribution in [3.8, 4) is 0 Å². The molecule has 0 aromatic rings. The van der Waals surface area contributed by atoms with Gasteiger partial charge in [0.1, 0.15) is 6.04 Å². The first kappa shape index (κ1) is 17.3. The van der Waals surface area contributed by atoms with Crippen LogP contribution in [0.4, 0.5) is 4.79 Å². The van der Waals surface area contributed by atoms with E-state index in [1.54, 1.807) is 11.8 Å². The molecule has 3 unspecified atom stereocenters. The van der Waals surface area contributed by atoms with E-state index in [2.05, 4.69) is 10.6 Å². The summed E-state index contributed by atoms with van der Waals surface area (Å²) >= 11 is 0. The molecule has 0 aromatic heterocycles. The molecular formula is C14H25N3O4. The number of rotatable bonds is 5. The molecule has 1 saturated heterocycles. The van der Waals surface area contributed by atoms with Crippen LogP contribution in [0.5, 0.6) is 0 Å². The van der Waals surface area contributed by atoms with Crippen LogP contribution in [-0.4, -0.2) is 54.1 Å². The van der Waals surface area contributed by atoms with Gasteiger partial charge in [0, 0.05) is 26.6 Å². The van der Waals surface area contributed by atoms with Gasteiger partial charge in [-0.3, -0.25) is 9.59 Å². The highest BCUT2D eigenvalue weighted by atomic mass is 16.4. The fourth-order valence-corrected chi connectivity index (χ4v) is 2.66. The van der Waals surface area contributed by atoms with Gasteiger partial charge in [-0.05, 0) is 31.6 Å². The molecule has 0 aliphatic carbocycles.